The number of hydrogen-bond acceptors (Lipinski definition) is 5. The lowest BCUT2D eigenvalue weighted by molar-refractivity contribution is 0.0938. The summed E-state index contributed by atoms with van der Waals surface area (Å²) in [6, 6.07) is 9.93. The molecule has 1 saturated carbocycles. The fraction of sp³-hybridized carbons (Fsp3) is 0.478. The van der Waals surface area contributed by atoms with Gasteiger partial charge in [0.25, 0.3) is 11.8 Å². The predicted molar refractivity (Wildman–Crippen MR) is 114 cm³/mol. The van der Waals surface area contributed by atoms with Gasteiger partial charge in [-0.3, -0.25) is 4.79 Å². The van der Waals surface area contributed by atoms with Crippen LogP contribution in [-0.4, -0.2) is 31.9 Å². The van der Waals surface area contributed by atoms with Crippen LogP contribution < -0.4 is 5.32 Å². The van der Waals surface area contributed by atoms with Crippen LogP contribution in [0.25, 0.3) is 17.3 Å². The Kier molecular flexibility index (Phi) is 5.97. The zero-order valence-corrected chi connectivity index (χ0v) is 17.9. The van der Waals surface area contributed by atoms with Crippen LogP contribution >= 0.6 is 0 Å². The number of benzene rings is 1. The number of aryl methyl sites for hydroxylation is 2. The number of amides is 1. The van der Waals surface area contributed by atoms with Gasteiger partial charge in [0.15, 0.2) is 0 Å². The van der Waals surface area contributed by atoms with Gasteiger partial charge in [0.1, 0.15) is 5.69 Å². The summed E-state index contributed by atoms with van der Waals surface area (Å²) in [5.74, 6) is 1.47. The number of aromatic nitrogens is 4. The van der Waals surface area contributed by atoms with E-state index in [0.717, 1.165) is 37.1 Å². The number of nitrogens with one attached hydrogen (secondary N) is 1. The summed E-state index contributed by atoms with van der Waals surface area (Å²) in [6.07, 6.45) is 6.42. The number of nitrogens with zero attached hydrogens (tertiary/aromatic N) is 4. The maximum absolute atomic E-state index is 12.7. The maximum Gasteiger partial charge on any atom is 0.268 e. The van der Waals surface area contributed by atoms with Crippen molar-refractivity contribution in [1.82, 2.24) is 25.3 Å². The SMILES string of the molecule is Cc1nnc(-c2cc(CCC(C)C)n(-c3cccc(C(=O)NC4CCCC4)c3)n2)o1. The fourth-order valence-corrected chi connectivity index (χ4v) is 3.88. The highest BCUT2D eigenvalue weighted by Gasteiger charge is 2.19. The number of carbonyl (C=O) groups excluding carboxylic acids is 1. The Morgan fingerprint density at radius 3 is 2.73 bits per heavy atom. The second-order valence-electron chi connectivity index (χ2n) is 8.50. The summed E-state index contributed by atoms with van der Waals surface area (Å²) in [7, 11) is 0. The van der Waals surface area contributed by atoms with E-state index in [2.05, 4.69) is 29.4 Å². The molecule has 0 spiro atoms. The third-order valence-electron chi connectivity index (χ3n) is 5.55. The average Bonchev–Trinajstić information content (AvgIpc) is 3.47. The number of rotatable bonds is 7. The van der Waals surface area contributed by atoms with Crippen molar-refractivity contribution in [3.8, 4) is 17.3 Å². The van der Waals surface area contributed by atoms with E-state index in [1.807, 2.05) is 35.0 Å². The first-order valence-corrected chi connectivity index (χ1v) is 10.8. The molecule has 2 aromatic heterocycles. The van der Waals surface area contributed by atoms with Gasteiger partial charge < -0.3 is 9.73 Å². The topological polar surface area (TPSA) is 85.8 Å². The van der Waals surface area contributed by atoms with Crippen molar-refractivity contribution in [2.75, 3.05) is 0 Å². The number of hydrogen-bond donors (Lipinski definition) is 1. The van der Waals surface area contributed by atoms with Gasteiger partial charge >= 0.3 is 0 Å². The lowest BCUT2D eigenvalue weighted by Crippen LogP contribution is -2.32. The van der Waals surface area contributed by atoms with Crippen LogP contribution in [0, 0.1) is 12.8 Å². The molecule has 4 rings (SSSR count). The van der Waals surface area contributed by atoms with Crippen molar-refractivity contribution in [3.63, 3.8) is 0 Å². The third-order valence-corrected chi connectivity index (χ3v) is 5.55. The molecule has 3 aromatic rings. The molecule has 158 valence electrons. The Balaban J connectivity index is 1.64. The zero-order chi connectivity index (χ0) is 21.1. The minimum atomic E-state index is -0.0209. The lowest BCUT2D eigenvalue weighted by Gasteiger charge is -2.13. The first-order chi connectivity index (χ1) is 14.5. The summed E-state index contributed by atoms with van der Waals surface area (Å²) in [5, 5.41) is 15.9. The molecule has 0 aliphatic heterocycles. The molecule has 0 radical (unpaired) electrons. The van der Waals surface area contributed by atoms with Crippen molar-refractivity contribution < 1.29 is 9.21 Å². The van der Waals surface area contributed by atoms with E-state index >= 15 is 0 Å². The smallest absolute Gasteiger partial charge is 0.268 e. The Hall–Kier alpha value is -2.96. The molecule has 1 amide bonds. The molecule has 30 heavy (non-hydrogen) atoms. The lowest BCUT2D eigenvalue weighted by atomic mass is 10.1. The van der Waals surface area contributed by atoms with Crippen LogP contribution in [0.15, 0.2) is 34.7 Å². The fourth-order valence-electron chi connectivity index (χ4n) is 3.88. The van der Waals surface area contributed by atoms with Crippen molar-refractivity contribution in [1.29, 1.82) is 0 Å². The second-order valence-corrected chi connectivity index (χ2v) is 8.50. The van der Waals surface area contributed by atoms with E-state index in [0.29, 0.717) is 35.0 Å². The summed E-state index contributed by atoms with van der Waals surface area (Å²) >= 11 is 0. The molecular weight excluding hydrogens is 378 g/mol. The van der Waals surface area contributed by atoms with Gasteiger partial charge in [0.2, 0.25) is 5.89 Å². The average molecular weight is 408 g/mol. The summed E-state index contributed by atoms with van der Waals surface area (Å²) in [6.45, 7) is 6.17. The number of carbonyl (C=O) groups is 1. The highest BCUT2D eigenvalue weighted by Crippen LogP contribution is 2.24. The largest absolute Gasteiger partial charge is 0.420 e. The van der Waals surface area contributed by atoms with Crippen LogP contribution in [-0.2, 0) is 6.42 Å². The normalized spacial score (nSPS) is 14.5. The first-order valence-electron chi connectivity index (χ1n) is 10.8. The van der Waals surface area contributed by atoms with Gasteiger partial charge in [-0.15, -0.1) is 10.2 Å². The maximum atomic E-state index is 12.7. The highest BCUT2D eigenvalue weighted by atomic mass is 16.4. The van der Waals surface area contributed by atoms with Crippen molar-refractivity contribution in [2.24, 2.45) is 5.92 Å². The van der Waals surface area contributed by atoms with Gasteiger partial charge in [-0.25, -0.2) is 4.68 Å². The molecule has 7 nitrogen and oxygen atoms in total. The van der Waals surface area contributed by atoms with Crippen LogP contribution in [0.5, 0.6) is 0 Å². The van der Waals surface area contributed by atoms with E-state index in [1.54, 1.807) is 6.92 Å². The van der Waals surface area contributed by atoms with E-state index in [1.165, 1.54) is 12.8 Å². The van der Waals surface area contributed by atoms with Crippen molar-refractivity contribution in [2.45, 2.75) is 65.3 Å². The third kappa shape index (κ3) is 4.61. The standard InChI is InChI=1S/C23H29N5O2/c1-15(2)11-12-20-14-21(23-26-25-16(3)30-23)27-28(20)19-10-6-7-17(13-19)22(29)24-18-8-4-5-9-18/h6-7,10,13-15,18H,4-5,8-9,11-12H2,1-3H3,(H,24,29). The summed E-state index contributed by atoms with van der Waals surface area (Å²) in [4.78, 5) is 12.7. The Morgan fingerprint density at radius 2 is 2.03 bits per heavy atom. The van der Waals surface area contributed by atoms with E-state index in [-0.39, 0.29) is 5.91 Å². The van der Waals surface area contributed by atoms with Gasteiger partial charge in [-0.1, -0.05) is 32.8 Å². The van der Waals surface area contributed by atoms with Crippen LogP contribution in [0.4, 0.5) is 0 Å². The zero-order valence-electron chi connectivity index (χ0n) is 17.9. The Morgan fingerprint density at radius 1 is 1.23 bits per heavy atom. The van der Waals surface area contributed by atoms with Crippen molar-refractivity contribution >= 4 is 5.91 Å². The van der Waals surface area contributed by atoms with Crippen LogP contribution in [0.2, 0.25) is 0 Å². The van der Waals surface area contributed by atoms with E-state index < -0.39 is 0 Å². The molecule has 1 aliphatic carbocycles. The van der Waals surface area contributed by atoms with Gasteiger partial charge in [0, 0.05) is 24.2 Å². The molecule has 1 N–H and O–H groups in total. The van der Waals surface area contributed by atoms with Crippen LogP contribution in [0.1, 0.15) is 67.9 Å². The van der Waals surface area contributed by atoms with E-state index in [9.17, 15) is 4.79 Å². The molecule has 7 heteroatoms. The molecule has 0 unspecified atom stereocenters. The quantitative estimate of drug-likeness (QED) is 0.623. The molecular formula is C23H29N5O2. The van der Waals surface area contributed by atoms with Gasteiger partial charge in [-0.05, 0) is 55.9 Å². The van der Waals surface area contributed by atoms with E-state index in [4.69, 9.17) is 9.52 Å². The molecule has 1 fully saturated rings. The van der Waals surface area contributed by atoms with Crippen molar-refractivity contribution in [3.05, 3.63) is 47.5 Å². The van der Waals surface area contributed by atoms with Gasteiger partial charge in [0.05, 0.1) is 5.69 Å². The minimum absolute atomic E-state index is 0.0209. The molecule has 0 atom stereocenters. The highest BCUT2D eigenvalue weighted by molar-refractivity contribution is 5.94. The Bertz CT molecular complexity index is 1010. The van der Waals surface area contributed by atoms with Gasteiger partial charge in [-0.2, -0.15) is 5.10 Å². The van der Waals surface area contributed by atoms with Crippen LogP contribution in [0.3, 0.4) is 0 Å². The second kappa shape index (κ2) is 8.81. The molecule has 1 aromatic carbocycles. The predicted octanol–water partition coefficient (Wildman–Crippen LogP) is 4.49. The molecule has 0 bridgehead atoms. The minimum Gasteiger partial charge on any atom is -0.420 e. The summed E-state index contributed by atoms with van der Waals surface area (Å²) in [5.41, 5.74) is 3.22. The monoisotopic (exact) mass is 407 g/mol. The first kappa shape index (κ1) is 20.3. The molecule has 1 aliphatic rings. The molecule has 0 saturated heterocycles. The Labute approximate surface area is 176 Å². The summed E-state index contributed by atoms with van der Waals surface area (Å²) < 4.78 is 7.47. The molecule has 2 heterocycles.